The number of hydrogen-bond donors (Lipinski definition) is 1. The van der Waals surface area contributed by atoms with Crippen LogP contribution in [-0.2, 0) is 4.79 Å². The molecule has 4 rings (SSSR count). The van der Waals surface area contributed by atoms with Crippen molar-refractivity contribution in [2.75, 3.05) is 0 Å². The Bertz CT molecular complexity index is 488. The van der Waals surface area contributed by atoms with Gasteiger partial charge in [-0.2, -0.15) is 0 Å². The minimum atomic E-state index is 0.241. The maximum atomic E-state index is 11.7. The molecule has 4 aliphatic rings. The first-order chi connectivity index (χ1) is 10.1. The van der Waals surface area contributed by atoms with Crippen molar-refractivity contribution in [3.05, 3.63) is 11.1 Å². The highest BCUT2D eigenvalue weighted by atomic mass is 35.5. The molecule has 0 bridgehead atoms. The van der Waals surface area contributed by atoms with E-state index in [0.29, 0.717) is 23.3 Å². The Kier molecular flexibility index (Phi) is 3.37. The molecule has 0 radical (unpaired) electrons. The van der Waals surface area contributed by atoms with Crippen molar-refractivity contribution in [3.63, 3.8) is 0 Å². The summed E-state index contributed by atoms with van der Waals surface area (Å²) < 4.78 is 0. The number of carbonyl (C=O) groups is 1. The Morgan fingerprint density at radius 1 is 1.24 bits per heavy atom. The van der Waals surface area contributed by atoms with E-state index in [1.54, 1.807) is 0 Å². The molecule has 0 aromatic heterocycles. The van der Waals surface area contributed by atoms with Gasteiger partial charge in [0.2, 0.25) is 5.91 Å². The average Bonchev–Trinajstić information content (AvgIpc) is 2.87. The van der Waals surface area contributed by atoms with Gasteiger partial charge in [0.05, 0.1) is 0 Å². The van der Waals surface area contributed by atoms with E-state index in [2.05, 4.69) is 12.2 Å². The molecule has 1 saturated heterocycles. The zero-order valence-electron chi connectivity index (χ0n) is 12.9. The molecule has 1 amide bonds. The monoisotopic (exact) mass is 307 g/mol. The fourth-order valence-corrected chi connectivity index (χ4v) is 6.51. The first kappa shape index (κ1) is 14.1. The molecule has 0 unspecified atom stereocenters. The predicted octanol–water partition coefficient (Wildman–Crippen LogP) is 4.24. The van der Waals surface area contributed by atoms with E-state index in [-0.39, 0.29) is 5.91 Å². The highest BCUT2D eigenvalue weighted by molar-refractivity contribution is 6.25. The van der Waals surface area contributed by atoms with Crippen LogP contribution in [0, 0.1) is 29.1 Å². The van der Waals surface area contributed by atoms with Crippen LogP contribution in [0.25, 0.3) is 0 Å². The minimum Gasteiger partial charge on any atom is -0.353 e. The summed E-state index contributed by atoms with van der Waals surface area (Å²) in [6, 6.07) is 0.350. The molecule has 0 aromatic carbocycles. The maximum Gasteiger partial charge on any atom is 0.220 e. The van der Waals surface area contributed by atoms with Crippen molar-refractivity contribution >= 4 is 17.5 Å². The van der Waals surface area contributed by atoms with E-state index in [1.165, 1.54) is 37.7 Å². The molecule has 2 nitrogen and oxygen atoms in total. The van der Waals surface area contributed by atoms with Crippen molar-refractivity contribution < 1.29 is 4.79 Å². The molecule has 1 heterocycles. The summed E-state index contributed by atoms with van der Waals surface area (Å²) >= 11 is 6.23. The summed E-state index contributed by atoms with van der Waals surface area (Å²) in [5.74, 6) is 3.22. The number of hydrogen-bond acceptors (Lipinski definition) is 1. The molecule has 1 aliphatic heterocycles. The van der Waals surface area contributed by atoms with Crippen molar-refractivity contribution in [1.82, 2.24) is 5.32 Å². The summed E-state index contributed by atoms with van der Waals surface area (Å²) in [7, 11) is 0. The lowest BCUT2D eigenvalue weighted by atomic mass is 9.51. The third-order valence-corrected chi connectivity index (χ3v) is 7.52. The normalized spacial score (nSPS) is 51.0. The zero-order valence-corrected chi connectivity index (χ0v) is 13.7. The number of rotatable bonds is 0. The minimum absolute atomic E-state index is 0.241. The Morgan fingerprint density at radius 3 is 2.90 bits per heavy atom. The molecule has 4 fully saturated rings. The summed E-state index contributed by atoms with van der Waals surface area (Å²) in [6.07, 6.45) is 9.72. The summed E-state index contributed by atoms with van der Waals surface area (Å²) in [4.78, 5) is 11.7. The summed E-state index contributed by atoms with van der Waals surface area (Å²) in [5, 5.41) is 3.25. The summed E-state index contributed by atoms with van der Waals surface area (Å²) in [5.41, 5.74) is 3.85. The molecule has 116 valence electrons. The molecule has 0 aromatic rings. The van der Waals surface area contributed by atoms with Gasteiger partial charge in [0.15, 0.2) is 0 Å². The van der Waals surface area contributed by atoms with Gasteiger partial charge < -0.3 is 5.32 Å². The number of fused-ring (bicyclic) bond motifs is 5. The average molecular weight is 308 g/mol. The highest BCUT2D eigenvalue weighted by Gasteiger charge is 2.55. The molecule has 0 spiro atoms. The van der Waals surface area contributed by atoms with E-state index >= 15 is 0 Å². The second-order valence-corrected chi connectivity index (χ2v) is 8.36. The van der Waals surface area contributed by atoms with E-state index in [0.717, 1.165) is 31.1 Å². The quantitative estimate of drug-likeness (QED) is 0.712. The van der Waals surface area contributed by atoms with Crippen LogP contribution in [0.15, 0.2) is 11.1 Å². The molecular weight excluding hydrogens is 282 g/mol. The molecule has 3 saturated carbocycles. The second-order valence-electron chi connectivity index (χ2n) is 8.15. The van der Waals surface area contributed by atoms with E-state index in [1.807, 2.05) is 5.54 Å². The van der Waals surface area contributed by atoms with Gasteiger partial charge in [-0.05, 0) is 67.6 Å². The fraction of sp³-hybridized carbons (Fsp3) is 0.833. The van der Waals surface area contributed by atoms with Gasteiger partial charge in [0, 0.05) is 18.0 Å². The SMILES string of the molecule is C[C@@]12CCC[C@H]1[C@@H]1C(=CCl)C[C@H]3NC(=O)CC[C@@H]3[C@H]1CC2. The molecular formula is C18H26ClNO. The second kappa shape index (κ2) is 5.01. The lowest BCUT2D eigenvalue weighted by Gasteiger charge is -2.55. The largest absolute Gasteiger partial charge is 0.353 e. The molecule has 3 aliphatic carbocycles. The lowest BCUT2D eigenvalue weighted by molar-refractivity contribution is -0.126. The number of nitrogens with one attached hydrogen (secondary N) is 1. The van der Waals surface area contributed by atoms with E-state index in [4.69, 9.17) is 11.6 Å². The lowest BCUT2D eigenvalue weighted by Crippen LogP contribution is -2.55. The van der Waals surface area contributed by atoms with Gasteiger partial charge >= 0.3 is 0 Å². The van der Waals surface area contributed by atoms with Crippen molar-refractivity contribution in [3.8, 4) is 0 Å². The third kappa shape index (κ3) is 2.09. The fourth-order valence-electron chi connectivity index (χ4n) is 6.28. The molecule has 3 heteroatoms. The highest BCUT2D eigenvalue weighted by Crippen LogP contribution is 2.62. The van der Waals surface area contributed by atoms with Crippen LogP contribution >= 0.6 is 11.6 Å². The van der Waals surface area contributed by atoms with Crippen LogP contribution < -0.4 is 5.32 Å². The standard InChI is InChI=1S/C18H26ClNO/c1-18-7-2-3-14(18)17-11(10-19)9-15-12(13(17)6-8-18)4-5-16(21)20-15/h10,12-15,17H,2-9H2,1H3,(H,20,21)/t12-,13-,14+,15-,17-,18+/m1/s1. The first-order valence-electron chi connectivity index (χ1n) is 8.71. The third-order valence-electron chi connectivity index (χ3n) is 7.24. The Labute approximate surface area is 132 Å². The van der Waals surface area contributed by atoms with Crippen LogP contribution in [0.4, 0.5) is 0 Å². The van der Waals surface area contributed by atoms with Crippen LogP contribution in [0.1, 0.15) is 58.3 Å². The Morgan fingerprint density at radius 2 is 2.10 bits per heavy atom. The van der Waals surface area contributed by atoms with Crippen molar-refractivity contribution in [2.24, 2.45) is 29.1 Å². The number of carbonyl (C=O) groups excluding carboxylic acids is 1. The van der Waals surface area contributed by atoms with Gasteiger partial charge in [0.25, 0.3) is 0 Å². The van der Waals surface area contributed by atoms with Crippen molar-refractivity contribution in [2.45, 2.75) is 64.3 Å². The summed E-state index contributed by atoms with van der Waals surface area (Å²) in [6.45, 7) is 2.52. The topological polar surface area (TPSA) is 29.1 Å². The van der Waals surface area contributed by atoms with E-state index < -0.39 is 0 Å². The number of piperidine rings is 1. The molecule has 1 N–H and O–H groups in total. The van der Waals surface area contributed by atoms with Crippen LogP contribution in [0.3, 0.4) is 0 Å². The maximum absolute atomic E-state index is 11.7. The Balaban J connectivity index is 1.68. The van der Waals surface area contributed by atoms with Crippen LogP contribution in [-0.4, -0.2) is 11.9 Å². The van der Waals surface area contributed by atoms with Crippen LogP contribution in [0.2, 0.25) is 0 Å². The van der Waals surface area contributed by atoms with Gasteiger partial charge in [-0.15, -0.1) is 0 Å². The first-order valence-corrected chi connectivity index (χ1v) is 9.14. The van der Waals surface area contributed by atoms with Crippen LogP contribution in [0.5, 0.6) is 0 Å². The Hall–Kier alpha value is -0.500. The van der Waals surface area contributed by atoms with Gasteiger partial charge in [-0.25, -0.2) is 0 Å². The number of amides is 1. The zero-order chi connectivity index (χ0) is 14.6. The molecule has 6 atom stereocenters. The van der Waals surface area contributed by atoms with Crippen molar-refractivity contribution in [1.29, 1.82) is 0 Å². The van der Waals surface area contributed by atoms with Gasteiger partial charge in [0.1, 0.15) is 0 Å². The predicted molar refractivity (Wildman–Crippen MR) is 84.9 cm³/mol. The van der Waals surface area contributed by atoms with Gasteiger partial charge in [-0.3, -0.25) is 4.79 Å². The van der Waals surface area contributed by atoms with E-state index in [9.17, 15) is 4.79 Å². The molecule has 21 heavy (non-hydrogen) atoms. The van der Waals surface area contributed by atoms with Gasteiger partial charge in [-0.1, -0.05) is 30.5 Å². The number of halogens is 1. The smallest absolute Gasteiger partial charge is 0.220 e.